The van der Waals surface area contributed by atoms with Crippen molar-refractivity contribution in [1.29, 1.82) is 0 Å². The lowest BCUT2D eigenvalue weighted by Crippen LogP contribution is -1.99. The van der Waals surface area contributed by atoms with Crippen LogP contribution in [-0.2, 0) is 0 Å². The molecule has 0 radical (unpaired) electrons. The Bertz CT molecular complexity index is 1310. The van der Waals surface area contributed by atoms with Crippen molar-refractivity contribution < 1.29 is 18.9 Å². The molecule has 9 heteroatoms. The number of ether oxygens (including phenoxy) is 4. The van der Waals surface area contributed by atoms with Crippen LogP contribution < -0.4 is 18.9 Å². The predicted octanol–water partition coefficient (Wildman–Crippen LogP) is 5.31. The Hall–Kier alpha value is -4.11. The average molecular weight is 463 g/mol. The normalized spacial score (nSPS) is 10.9. The first-order chi connectivity index (χ1) is 16.1. The van der Waals surface area contributed by atoms with Crippen LogP contribution in [0.25, 0.3) is 11.4 Å². The van der Waals surface area contributed by atoms with Gasteiger partial charge in [-0.05, 0) is 54.2 Å². The van der Waals surface area contributed by atoms with Crippen molar-refractivity contribution in [3.63, 3.8) is 0 Å². The lowest BCUT2D eigenvalue weighted by molar-refractivity contribution is 0.324. The summed E-state index contributed by atoms with van der Waals surface area (Å²) >= 11 is 5.39. The van der Waals surface area contributed by atoms with Gasteiger partial charge in [0.25, 0.3) is 0 Å². The molecule has 0 aliphatic heterocycles. The van der Waals surface area contributed by atoms with E-state index in [2.05, 4.69) is 15.3 Å². The maximum atomic E-state index is 5.90. The van der Waals surface area contributed by atoms with E-state index in [0.29, 0.717) is 39.2 Å². The van der Waals surface area contributed by atoms with Crippen molar-refractivity contribution in [1.82, 2.24) is 14.9 Å². The number of hydrogen-bond donors (Lipinski definition) is 1. The fourth-order valence-electron chi connectivity index (χ4n) is 3.20. The molecule has 0 bridgehead atoms. The Morgan fingerprint density at radius 3 is 2.24 bits per heavy atom. The molecule has 3 aromatic carbocycles. The van der Waals surface area contributed by atoms with Crippen LogP contribution in [0.2, 0.25) is 0 Å². The van der Waals surface area contributed by atoms with Crippen LogP contribution in [-0.4, -0.2) is 42.4 Å². The molecule has 1 N–H and O–H groups in total. The highest BCUT2D eigenvalue weighted by Gasteiger charge is 2.17. The molecule has 8 nitrogen and oxygen atoms in total. The molecule has 33 heavy (non-hydrogen) atoms. The van der Waals surface area contributed by atoms with Gasteiger partial charge in [0, 0.05) is 5.56 Å². The zero-order valence-electron chi connectivity index (χ0n) is 18.3. The minimum absolute atomic E-state index is 0.340. The second kappa shape index (κ2) is 10.0. The van der Waals surface area contributed by atoms with Crippen molar-refractivity contribution in [2.24, 2.45) is 5.10 Å². The number of nitrogens with one attached hydrogen (secondary N) is 1. The summed E-state index contributed by atoms with van der Waals surface area (Å²) < 4.78 is 24.1. The van der Waals surface area contributed by atoms with Crippen LogP contribution in [0.1, 0.15) is 5.56 Å². The van der Waals surface area contributed by atoms with Gasteiger partial charge >= 0.3 is 0 Å². The smallest absolute Gasteiger partial charge is 0.216 e. The van der Waals surface area contributed by atoms with E-state index in [9.17, 15) is 0 Å². The van der Waals surface area contributed by atoms with E-state index in [0.717, 1.165) is 11.3 Å². The summed E-state index contributed by atoms with van der Waals surface area (Å²) in [6.07, 6.45) is 1.69. The number of benzene rings is 3. The third-order valence-corrected chi connectivity index (χ3v) is 5.00. The summed E-state index contributed by atoms with van der Waals surface area (Å²) in [6, 6.07) is 20.7. The van der Waals surface area contributed by atoms with E-state index in [4.69, 9.17) is 31.2 Å². The fourth-order valence-corrected chi connectivity index (χ4v) is 3.38. The maximum absolute atomic E-state index is 5.90. The van der Waals surface area contributed by atoms with Crippen LogP contribution in [0.5, 0.6) is 28.7 Å². The van der Waals surface area contributed by atoms with Crippen LogP contribution in [0, 0.1) is 4.77 Å². The number of rotatable bonds is 8. The highest BCUT2D eigenvalue weighted by Crippen LogP contribution is 2.40. The summed E-state index contributed by atoms with van der Waals surface area (Å²) in [6.45, 7) is 0. The summed E-state index contributed by atoms with van der Waals surface area (Å²) in [5, 5.41) is 11.7. The molecule has 1 heterocycles. The molecule has 0 aliphatic rings. The Morgan fingerprint density at radius 2 is 1.58 bits per heavy atom. The van der Waals surface area contributed by atoms with Crippen molar-refractivity contribution in [3.8, 4) is 40.1 Å². The quantitative estimate of drug-likeness (QED) is 0.282. The zero-order valence-corrected chi connectivity index (χ0v) is 19.1. The molecule has 0 aliphatic carbocycles. The molecule has 4 rings (SSSR count). The first-order valence-electron chi connectivity index (χ1n) is 9.98. The molecule has 0 saturated carbocycles. The van der Waals surface area contributed by atoms with Crippen molar-refractivity contribution in [3.05, 3.63) is 77.1 Å². The summed E-state index contributed by atoms with van der Waals surface area (Å²) in [7, 11) is 4.66. The molecule has 168 valence electrons. The topological polar surface area (TPSA) is 82.9 Å². The second-order valence-corrected chi connectivity index (χ2v) is 7.20. The van der Waals surface area contributed by atoms with E-state index < -0.39 is 0 Å². The Morgan fingerprint density at radius 1 is 0.879 bits per heavy atom. The lowest BCUT2D eigenvalue weighted by Gasteiger charge is -2.13. The number of H-pyrrole nitrogens is 1. The number of aromatic amines is 1. The lowest BCUT2D eigenvalue weighted by atomic mass is 10.1. The fraction of sp³-hybridized carbons (Fsp3) is 0.125. The van der Waals surface area contributed by atoms with Crippen molar-refractivity contribution >= 4 is 18.4 Å². The Balaban J connectivity index is 1.66. The van der Waals surface area contributed by atoms with E-state index >= 15 is 0 Å². The summed E-state index contributed by atoms with van der Waals surface area (Å²) in [4.78, 5) is 0. The van der Waals surface area contributed by atoms with Gasteiger partial charge < -0.3 is 18.9 Å². The van der Waals surface area contributed by atoms with Gasteiger partial charge in [0.2, 0.25) is 10.5 Å². The standard InChI is InChI=1S/C24H22N4O4S/c1-29-20-13-17(14-21(30-2)22(20)31-3)23-26-27-24(33)28(23)25-15-16-8-7-11-19(12-16)32-18-9-5-4-6-10-18/h4-15H,1-3H3,(H,27,33)/b25-15-. The van der Waals surface area contributed by atoms with Gasteiger partial charge in [-0.3, -0.25) is 0 Å². The largest absolute Gasteiger partial charge is 0.493 e. The molecule has 0 fully saturated rings. The highest BCUT2D eigenvalue weighted by atomic mass is 32.1. The van der Waals surface area contributed by atoms with E-state index in [-0.39, 0.29) is 0 Å². The first-order valence-corrected chi connectivity index (χ1v) is 10.4. The van der Waals surface area contributed by atoms with Crippen molar-refractivity contribution in [2.45, 2.75) is 0 Å². The van der Waals surface area contributed by atoms with E-state index in [1.807, 2.05) is 54.6 Å². The SMILES string of the molecule is COc1cc(-c2n[nH]c(=S)n2/N=C\c2cccc(Oc3ccccc3)c2)cc(OC)c1OC. The Kier molecular flexibility index (Phi) is 6.70. The van der Waals surface area contributed by atoms with Crippen LogP contribution >= 0.6 is 12.2 Å². The maximum Gasteiger partial charge on any atom is 0.216 e. The minimum atomic E-state index is 0.340. The molecular formula is C24H22N4O4S. The second-order valence-electron chi connectivity index (χ2n) is 6.81. The number of methoxy groups -OCH3 is 3. The van der Waals surface area contributed by atoms with Gasteiger partial charge in [0.1, 0.15) is 11.5 Å². The number of hydrogen-bond acceptors (Lipinski definition) is 7. The van der Waals surface area contributed by atoms with Crippen LogP contribution in [0.3, 0.4) is 0 Å². The van der Waals surface area contributed by atoms with Gasteiger partial charge in [-0.1, -0.05) is 30.3 Å². The molecule has 0 spiro atoms. The third-order valence-electron chi connectivity index (χ3n) is 4.73. The number of para-hydroxylation sites is 1. The molecule has 0 atom stereocenters. The van der Waals surface area contributed by atoms with E-state index in [1.165, 1.54) is 4.68 Å². The molecule has 1 aromatic heterocycles. The summed E-state index contributed by atoms with van der Waals surface area (Å²) in [5.74, 6) is 3.44. The monoisotopic (exact) mass is 462 g/mol. The Labute approximate surface area is 196 Å². The average Bonchev–Trinajstić information content (AvgIpc) is 3.22. The van der Waals surface area contributed by atoms with Gasteiger partial charge in [-0.25, -0.2) is 5.10 Å². The van der Waals surface area contributed by atoms with Crippen LogP contribution in [0.4, 0.5) is 0 Å². The highest BCUT2D eigenvalue weighted by molar-refractivity contribution is 7.71. The van der Waals surface area contributed by atoms with Crippen LogP contribution in [0.15, 0.2) is 71.8 Å². The first kappa shape index (κ1) is 22.1. The number of aromatic nitrogens is 3. The molecule has 0 amide bonds. The van der Waals surface area contributed by atoms with Crippen molar-refractivity contribution in [2.75, 3.05) is 21.3 Å². The predicted molar refractivity (Wildman–Crippen MR) is 128 cm³/mol. The molecular weight excluding hydrogens is 440 g/mol. The van der Waals surface area contributed by atoms with E-state index in [1.54, 1.807) is 39.7 Å². The summed E-state index contributed by atoms with van der Waals surface area (Å²) in [5.41, 5.74) is 1.53. The number of nitrogens with zero attached hydrogens (tertiary/aromatic N) is 3. The zero-order chi connectivity index (χ0) is 23.2. The third kappa shape index (κ3) is 4.88. The van der Waals surface area contributed by atoms with Gasteiger partial charge in [-0.2, -0.15) is 14.9 Å². The van der Waals surface area contributed by atoms with Gasteiger partial charge in [-0.15, -0.1) is 0 Å². The molecule has 4 aromatic rings. The van der Waals surface area contributed by atoms with Gasteiger partial charge in [0.05, 0.1) is 27.5 Å². The molecule has 0 unspecified atom stereocenters. The van der Waals surface area contributed by atoms with Gasteiger partial charge in [0.15, 0.2) is 17.3 Å². The minimum Gasteiger partial charge on any atom is -0.493 e. The molecule has 0 saturated heterocycles.